The minimum absolute atomic E-state index is 0.131. The maximum absolute atomic E-state index is 12.7. The molecule has 0 aromatic heterocycles. The van der Waals surface area contributed by atoms with Gasteiger partial charge in [-0.05, 0) is 42.0 Å². The van der Waals surface area contributed by atoms with Crippen LogP contribution in [0.2, 0.25) is 0 Å². The summed E-state index contributed by atoms with van der Waals surface area (Å²) in [7, 11) is -4.20. The van der Waals surface area contributed by atoms with E-state index in [1.807, 2.05) is 0 Å². The van der Waals surface area contributed by atoms with E-state index in [1.54, 1.807) is 0 Å². The summed E-state index contributed by atoms with van der Waals surface area (Å²) in [6.45, 7) is 0. The van der Waals surface area contributed by atoms with Gasteiger partial charge in [-0.15, -0.1) is 0 Å². The van der Waals surface area contributed by atoms with Crippen molar-refractivity contribution in [2.24, 2.45) is 0 Å². The normalized spacial score (nSPS) is 12.2. The highest BCUT2D eigenvalue weighted by Gasteiger charge is 2.31. The first-order chi connectivity index (χ1) is 12.1. The van der Waals surface area contributed by atoms with Crippen LogP contribution in [0.25, 0.3) is 6.08 Å². The standard InChI is InChI=1S/C16H13F3N2O4S/c17-16(18,19)12-2-1-3-14(10-12)26(24,25)21-13-7-4-11(5-8-13)6-9-15(22)20-23/h1-10,21,23H,(H,20,22). The molecule has 0 spiro atoms. The van der Waals surface area contributed by atoms with Gasteiger partial charge in [0.15, 0.2) is 0 Å². The molecule has 6 nitrogen and oxygen atoms in total. The molecule has 0 aliphatic carbocycles. The summed E-state index contributed by atoms with van der Waals surface area (Å²) in [4.78, 5) is 10.4. The van der Waals surface area contributed by atoms with Gasteiger partial charge in [0, 0.05) is 11.8 Å². The molecule has 3 N–H and O–H groups in total. The van der Waals surface area contributed by atoms with Crippen LogP contribution >= 0.6 is 0 Å². The predicted molar refractivity (Wildman–Crippen MR) is 87.7 cm³/mol. The van der Waals surface area contributed by atoms with Crippen LogP contribution in [0.1, 0.15) is 11.1 Å². The second-order valence-electron chi connectivity index (χ2n) is 5.06. The molecule has 0 heterocycles. The van der Waals surface area contributed by atoms with Crippen molar-refractivity contribution in [3.05, 3.63) is 65.7 Å². The molecule has 138 valence electrons. The van der Waals surface area contributed by atoms with Crippen LogP contribution in [0.4, 0.5) is 18.9 Å². The summed E-state index contributed by atoms with van der Waals surface area (Å²) >= 11 is 0. The van der Waals surface area contributed by atoms with E-state index in [0.717, 1.165) is 24.3 Å². The Labute approximate surface area is 147 Å². The first kappa shape index (κ1) is 19.5. The van der Waals surface area contributed by atoms with Gasteiger partial charge in [0.2, 0.25) is 0 Å². The largest absolute Gasteiger partial charge is 0.416 e. The van der Waals surface area contributed by atoms with Crippen molar-refractivity contribution in [3.63, 3.8) is 0 Å². The quantitative estimate of drug-likeness (QED) is 0.418. The molecular formula is C16H13F3N2O4S. The van der Waals surface area contributed by atoms with Crippen molar-refractivity contribution < 1.29 is 31.6 Å². The molecule has 0 bridgehead atoms. The number of nitrogens with one attached hydrogen (secondary N) is 2. The van der Waals surface area contributed by atoms with Crippen molar-refractivity contribution in [1.82, 2.24) is 5.48 Å². The lowest BCUT2D eigenvalue weighted by atomic mass is 10.2. The molecule has 0 atom stereocenters. The minimum Gasteiger partial charge on any atom is -0.288 e. The van der Waals surface area contributed by atoms with Crippen molar-refractivity contribution >= 4 is 27.7 Å². The van der Waals surface area contributed by atoms with Crippen LogP contribution in [-0.2, 0) is 21.0 Å². The Hall–Kier alpha value is -2.85. The van der Waals surface area contributed by atoms with E-state index in [4.69, 9.17) is 5.21 Å². The first-order valence-corrected chi connectivity index (χ1v) is 8.52. The number of carbonyl (C=O) groups excluding carboxylic acids is 1. The zero-order valence-electron chi connectivity index (χ0n) is 13.0. The van der Waals surface area contributed by atoms with Gasteiger partial charge in [-0.3, -0.25) is 14.7 Å². The van der Waals surface area contributed by atoms with E-state index in [-0.39, 0.29) is 5.69 Å². The van der Waals surface area contributed by atoms with E-state index in [9.17, 15) is 26.4 Å². The van der Waals surface area contributed by atoms with Gasteiger partial charge < -0.3 is 0 Å². The number of sulfonamides is 1. The van der Waals surface area contributed by atoms with Gasteiger partial charge in [0.05, 0.1) is 10.5 Å². The number of anilines is 1. The molecule has 2 rings (SSSR count). The van der Waals surface area contributed by atoms with Gasteiger partial charge in [-0.25, -0.2) is 13.9 Å². The Morgan fingerprint density at radius 1 is 1.08 bits per heavy atom. The van der Waals surface area contributed by atoms with Crippen molar-refractivity contribution in [3.8, 4) is 0 Å². The molecular weight excluding hydrogens is 373 g/mol. The number of rotatable bonds is 5. The first-order valence-electron chi connectivity index (χ1n) is 7.04. The van der Waals surface area contributed by atoms with Crippen LogP contribution in [-0.4, -0.2) is 19.5 Å². The molecule has 0 saturated heterocycles. The zero-order valence-corrected chi connectivity index (χ0v) is 13.8. The van der Waals surface area contributed by atoms with Crippen LogP contribution in [0.15, 0.2) is 59.5 Å². The summed E-state index contributed by atoms with van der Waals surface area (Å²) in [5.41, 5.74) is 1.02. The minimum atomic E-state index is -4.65. The van der Waals surface area contributed by atoms with Crippen LogP contribution < -0.4 is 10.2 Å². The maximum atomic E-state index is 12.7. The van der Waals surface area contributed by atoms with Gasteiger partial charge in [0.25, 0.3) is 15.9 Å². The van der Waals surface area contributed by atoms with Gasteiger partial charge in [0.1, 0.15) is 0 Å². The number of benzene rings is 2. The molecule has 26 heavy (non-hydrogen) atoms. The number of alkyl halides is 3. The number of hydroxylamine groups is 1. The average molecular weight is 386 g/mol. The fourth-order valence-corrected chi connectivity index (χ4v) is 3.03. The Kier molecular flexibility index (Phi) is 5.68. The zero-order chi connectivity index (χ0) is 19.4. The Balaban J connectivity index is 2.19. The molecule has 0 aliphatic heterocycles. The second-order valence-corrected chi connectivity index (χ2v) is 6.74. The number of halogens is 3. The number of amides is 1. The molecule has 0 unspecified atom stereocenters. The van der Waals surface area contributed by atoms with E-state index in [0.29, 0.717) is 11.6 Å². The SMILES string of the molecule is O=C(C=Cc1ccc(NS(=O)(=O)c2cccc(C(F)(F)F)c2)cc1)NO. The number of hydrogen-bond donors (Lipinski definition) is 3. The second kappa shape index (κ2) is 7.58. The monoisotopic (exact) mass is 386 g/mol. The smallest absolute Gasteiger partial charge is 0.288 e. The van der Waals surface area contributed by atoms with E-state index >= 15 is 0 Å². The lowest BCUT2D eigenvalue weighted by molar-refractivity contribution is -0.137. The summed E-state index contributed by atoms with van der Waals surface area (Å²) in [5.74, 6) is -0.737. The predicted octanol–water partition coefficient (Wildman–Crippen LogP) is 3.02. The highest BCUT2D eigenvalue weighted by molar-refractivity contribution is 7.92. The lowest BCUT2D eigenvalue weighted by Gasteiger charge is -2.11. The van der Waals surface area contributed by atoms with Crippen molar-refractivity contribution in [1.29, 1.82) is 0 Å². The van der Waals surface area contributed by atoms with Gasteiger partial charge >= 0.3 is 6.18 Å². The van der Waals surface area contributed by atoms with E-state index in [2.05, 4.69) is 4.72 Å². The fraction of sp³-hybridized carbons (Fsp3) is 0.0625. The molecule has 2 aromatic carbocycles. The molecule has 1 amide bonds. The highest BCUT2D eigenvalue weighted by Crippen LogP contribution is 2.30. The van der Waals surface area contributed by atoms with Crippen LogP contribution in [0, 0.1) is 0 Å². The molecule has 0 radical (unpaired) electrons. The highest BCUT2D eigenvalue weighted by atomic mass is 32.2. The third-order valence-corrected chi connectivity index (χ3v) is 4.55. The maximum Gasteiger partial charge on any atom is 0.416 e. The van der Waals surface area contributed by atoms with Gasteiger partial charge in [-0.1, -0.05) is 18.2 Å². The molecule has 2 aromatic rings. The number of hydrogen-bond acceptors (Lipinski definition) is 4. The average Bonchev–Trinajstić information content (AvgIpc) is 2.60. The van der Waals surface area contributed by atoms with E-state index < -0.39 is 32.6 Å². The topological polar surface area (TPSA) is 95.5 Å². The molecule has 0 fully saturated rings. The molecule has 10 heteroatoms. The fourth-order valence-electron chi connectivity index (χ4n) is 1.93. The molecule has 0 aliphatic rings. The van der Waals surface area contributed by atoms with Gasteiger partial charge in [-0.2, -0.15) is 13.2 Å². The number of carbonyl (C=O) groups is 1. The Bertz CT molecular complexity index is 923. The van der Waals surface area contributed by atoms with Crippen LogP contribution in [0.3, 0.4) is 0 Å². The summed E-state index contributed by atoms with van der Waals surface area (Å²) in [6.07, 6.45) is -2.22. The lowest BCUT2D eigenvalue weighted by Crippen LogP contribution is -2.15. The Morgan fingerprint density at radius 3 is 2.31 bits per heavy atom. The summed E-state index contributed by atoms with van der Waals surface area (Å²) in [6, 6.07) is 9.11. The third-order valence-electron chi connectivity index (χ3n) is 3.17. The van der Waals surface area contributed by atoms with E-state index in [1.165, 1.54) is 35.8 Å². The third kappa shape index (κ3) is 5.07. The summed E-state index contributed by atoms with van der Waals surface area (Å²) < 4.78 is 64.8. The van der Waals surface area contributed by atoms with Crippen LogP contribution in [0.5, 0.6) is 0 Å². The molecule has 0 saturated carbocycles. The summed E-state index contributed by atoms with van der Waals surface area (Å²) in [5, 5.41) is 8.36. The van der Waals surface area contributed by atoms with Crippen molar-refractivity contribution in [2.45, 2.75) is 11.1 Å². The Morgan fingerprint density at radius 2 is 1.73 bits per heavy atom. The van der Waals surface area contributed by atoms with Crippen molar-refractivity contribution in [2.75, 3.05) is 4.72 Å².